The van der Waals surface area contributed by atoms with Gasteiger partial charge in [-0.05, 0) is 36.2 Å². The Labute approximate surface area is 126 Å². The lowest BCUT2D eigenvalue weighted by Gasteiger charge is -2.29. The number of thioether (sulfide) groups is 1. The number of amides is 1. The third-order valence-electron chi connectivity index (χ3n) is 3.04. The maximum atomic E-state index is 12.4. The highest BCUT2D eigenvalue weighted by Crippen LogP contribution is 2.23. The molecule has 4 heteroatoms. The van der Waals surface area contributed by atoms with Crippen LogP contribution in [-0.2, 0) is 0 Å². The van der Waals surface area contributed by atoms with Crippen molar-refractivity contribution in [2.45, 2.75) is 37.8 Å². The second kappa shape index (κ2) is 7.14. The van der Waals surface area contributed by atoms with Crippen molar-refractivity contribution in [3.8, 4) is 0 Å². The summed E-state index contributed by atoms with van der Waals surface area (Å²) in [5.74, 6) is 0.0487. The van der Waals surface area contributed by atoms with Gasteiger partial charge in [-0.2, -0.15) is 0 Å². The van der Waals surface area contributed by atoms with Crippen LogP contribution in [0.25, 0.3) is 0 Å². The minimum atomic E-state index is -0.0577. The molecule has 0 aromatic heterocycles. The lowest BCUT2D eigenvalue weighted by atomic mass is 9.93. The normalized spacial score (nSPS) is 11.8. The molecule has 0 radical (unpaired) electrons. The summed E-state index contributed by atoms with van der Waals surface area (Å²) in [5.41, 5.74) is 6.39. The largest absolute Gasteiger partial charge is 0.341 e. The van der Waals surface area contributed by atoms with Crippen LogP contribution in [0.15, 0.2) is 29.2 Å². The molecule has 0 atom stereocenters. The molecule has 0 bridgehead atoms. The van der Waals surface area contributed by atoms with Gasteiger partial charge in [-0.15, -0.1) is 11.8 Å². The predicted octanol–water partition coefficient (Wildman–Crippen LogP) is 3.24. The van der Waals surface area contributed by atoms with E-state index in [2.05, 4.69) is 27.7 Å². The van der Waals surface area contributed by atoms with Crippen molar-refractivity contribution in [2.75, 3.05) is 20.1 Å². The zero-order valence-electron chi connectivity index (χ0n) is 13.1. The average Bonchev–Trinajstić information content (AvgIpc) is 2.37. The van der Waals surface area contributed by atoms with E-state index in [1.54, 1.807) is 16.7 Å². The second-order valence-electron chi connectivity index (χ2n) is 6.22. The van der Waals surface area contributed by atoms with Gasteiger partial charge in [0.25, 0.3) is 5.91 Å². The Morgan fingerprint density at radius 3 is 2.30 bits per heavy atom. The number of carbonyl (C=O) groups is 1. The molecule has 2 N–H and O–H groups in total. The van der Waals surface area contributed by atoms with Crippen molar-refractivity contribution < 1.29 is 4.79 Å². The number of hydrogen-bond donors (Lipinski definition) is 1. The number of rotatable bonds is 6. The number of carbonyl (C=O) groups excluding carboxylic acids is 1. The quantitative estimate of drug-likeness (QED) is 0.819. The fourth-order valence-electron chi connectivity index (χ4n) is 1.95. The number of benzene rings is 1. The van der Waals surface area contributed by atoms with E-state index in [1.165, 1.54) is 4.90 Å². The highest BCUT2D eigenvalue weighted by Gasteiger charge is 2.21. The van der Waals surface area contributed by atoms with Crippen LogP contribution in [0.2, 0.25) is 0 Å². The highest BCUT2D eigenvalue weighted by atomic mass is 32.2. The SMILES string of the molecule is CC(C)Sc1ccc(C(=O)N(C)CC(C)(C)CN)cc1. The van der Waals surface area contributed by atoms with Crippen LogP contribution >= 0.6 is 11.8 Å². The fourth-order valence-corrected chi connectivity index (χ4v) is 2.78. The van der Waals surface area contributed by atoms with Gasteiger partial charge in [-0.3, -0.25) is 4.79 Å². The number of hydrogen-bond acceptors (Lipinski definition) is 3. The Hall–Kier alpha value is -1.00. The van der Waals surface area contributed by atoms with Crippen LogP contribution < -0.4 is 5.73 Å². The summed E-state index contributed by atoms with van der Waals surface area (Å²) in [6.07, 6.45) is 0. The maximum absolute atomic E-state index is 12.4. The predicted molar refractivity (Wildman–Crippen MR) is 87.2 cm³/mol. The standard InChI is InChI=1S/C16H26N2OS/c1-12(2)20-14-8-6-13(7-9-14)15(19)18(5)11-16(3,4)10-17/h6-9,12H,10-11,17H2,1-5H3. The van der Waals surface area contributed by atoms with Crippen LogP contribution in [0.3, 0.4) is 0 Å². The summed E-state index contributed by atoms with van der Waals surface area (Å²) < 4.78 is 0. The lowest BCUT2D eigenvalue weighted by Crippen LogP contribution is -2.39. The van der Waals surface area contributed by atoms with E-state index < -0.39 is 0 Å². The van der Waals surface area contributed by atoms with Crippen LogP contribution in [0, 0.1) is 5.41 Å². The number of nitrogens with zero attached hydrogens (tertiary/aromatic N) is 1. The zero-order valence-corrected chi connectivity index (χ0v) is 14.0. The second-order valence-corrected chi connectivity index (χ2v) is 7.87. The van der Waals surface area contributed by atoms with Crippen molar-refractivity contribution >= 4 is 17.7 Å². The molecular formula is C16H26N2OS. The molecule has 1 amide bonds. The topological polar surface area (TPSA) is 46.3 Å². The van der Waals surface area contributed by atoms with E-state index >= 15 is 0 Å². The van der Waals surface area contributed by atoms with Gasteiger partial charge in [0.05, 0.1) is 0 Å². The summed E-state index contributed by atoms with van der Waals surface area (Å²) in [5, 5.41) is 0.546. The molecule has 0 aliphatic rings. The van der Waals surface area contributed by atoms with Crippen molar-refractivity contribution in [1.82, 2.24) is 4.90 Å². The molecule has 20 heavy (non-hydrogen) atoms. The van der Waals surface area contributed by atoms with Gasteiger partial charge in [0.15, 0.2) is 0 Å². The molecule has 3 nitrogen and oxygen atoms in total. The zero-order chi connectivity index (χ0) is 15.3. The molecule has 112 valence electrons. The summed E-state index contributed by atoms with van der Waals surface area (Å²) in [6, 6.07) is 7.83. The van der Waals surface area contributed by atoms with E-state index in [0.717, 1.165) is 5.56 Å². The van der Waals surface area contributed by atoms with E-state index in [1.807, 2.05) is 31.3 Å². The first-order valence-corrected chi connectivity index (χ1v) is 7.85. The first-order valence-electron chi connectivity index (χ1n) is 6.97. The molecule has 1 aromatic carbocycles. The minimum absolute atomic E-state index is 0.0487. The van der Waals surface area contributed by atoms with Gasteiger partial charge in [0.1, 0.15) is 0 Å². The van der Waals surface area contributed by atoms with Crippen LogP contribution in [0.1, 0.15) is 38.1 Å². The molecule has 1 aromatic rings. The molecular weight excluding hydrogens is 268 g/mol. The van der Waals surface area contributed by atoms with Crippen LogP contribution in [-0.4, -0.2) is 36.2 Å². The summed E-state index contributed by atoms with van der Waals surface area (Å²) in [4.78, 5) is 15.3. The van der Waals surface area contributed by atoms with Crippen LogP contribution in [0.5, 0.6) is 0 Å². The molecule has 0 saturated carbocycles. The molecule has 0 aliphatic carbocycles. The third kappa shape index (κ3) is 5.17. The van der Waals surface area contributed by atoms with E-state index in [-0.39, 0.29) is 11.3 Å². The minimum Gasteiger partial charge on any atom is -0.341 e. The Bertz CT molecular complexity index is 440. The monoisotopic (exact) mass is 294 g/mol. The van der Waals surface area contributed by atoms with E-state index in [4.69, 9.17) is 5.73 Å². The van der Waals surface area contributed by atoms with Gasteiger partial charge in [0.2, 0.25) is 0 Å². The van der Waals surface area contributed by atoms with Gasteiger partial charge in [-0.1, -0.05) is 27.7 Å². The first-order chi connectivity index (χ1) is 9.25. The molecule has 0 saturated heterocycles. The molecule has 1 rings (SSSR count). The van der Waals surface area contributed by atoms with Crippen molar-refractivity contribution in [2.24, 2.45) is 11.1 Å². The Morgan fingerprint density at radius 1 is 1.30 bits per heavy atom. The van der Waals surface area contributed by atoms with E-state index in [0.29, 0.717) is 18.3 Å². The van der Waals surface area contributed by atoms with Gasteiger partial charge in [0, 0.05) is 29.3 Å². The van der Waals surface area contributed by atoms with Crippen molar-refractivity contribution in [1.29, 1.82) is 0 Å². The third-order valence-corrected chi connectivity index (χ3v) is 4.05. The van der Waals surface area contributed by atoms with Gasteiger partial charge in [-0.25, -0.2) is 0 Å². The van der Waals surface area contributed by atoms with E-state index in [9.17, 15) is 4.79 Å². The Morgan fingerprint density at radius 2 is 1.85 bits per heavy atom. The summed E-state index contributed by atoms with van der Waals surface area (Å²) in [6.45, 7) is 9.68. The number of nitrogens with two attached hydrogens (primary N) is 1. The first kappa shape index (κ1) is 17.1. The fraction of sp³-hybridized carbons (Fsp3) is 0.562. The van der Waals surface area contributed by atoms with Crippen molar-refractivity contribution in [3.63, 3.8) is 0 Å². The molecule has 0 fully saturated rings. The molecule has 0 unspecified atom stereocenters. The van der Waals surface area contributed by atoms with Crippen LogP contribution in [0.4, 0.5) is 0 Å². The lowest BCUT2D eigenvalue weighted by molar-refractivity contribution is 0.0740. The molecule has 0 spiro atoms. The molecule has 0 heterocycles. The van der Waals surface area contributed by atoms with Gasteiger partial charge >= 0.3 is 0 Å². The summed E-state index contributed by atoms with van der Waals surface area (Å²) >= 11 is 1.80. The summed E-state index contributed by atoms with van der Waals surface area (Å²) in [7, 11) is 1.83. The highest BCUT2D eigenvalue weighted by molar-refractivity contribution is 7.99. The average molecular weight is 294 g/mol. The smallest absolute Gasteiger partial charge is 0.253 e. The Kier molecular flexibility index (Phi) is 6.08. The maximum Gasteiger partial charge on any atom is 0.253 e. The van der Waals surface area contributed by atoms with Gasteiger partial charge < -0.3 is 10.6 Å². The van der Waals surface area contributed by atoms with Crippen molar-refractivity contribution in [3.05, 3.63) is 29.8 Å². The Balaban J connectivity index is 2.72. The molecule has 0 aliphatic heterocycles.